The average molecular weight is 369 g/mol. The van der Waals surface area contributed by atoms with E-state index in [1.165, 1.54) is 38.7 Å². The lowest BCUT2D eigenvalue weighted by Crippen LogP contribution is -2.03. The number of thiazole rings is 1. The zero-order chi connectivity index (χ0) is 18.2. The van der Waals surface area contributed by atoms with Gasteiger partial charge in [0.15, 0.2) is 11.5 Å². The fourth-order valence-corrected chi connectivity index (χ4v) is 3.37. The Morgan fingerprint density at radius 2 is 1.56 bits per heavy atom. The van der Waals surface area contributed by atoms with Crippen molar-refractivity contribution in [2.24, 2.45) is 0 Å². The lowest BCUT2D eigenvalue weighted by Gasteiger charge is -2.13. The summed E-state index contributed by atoms with van der Waals surface area (Å²) < 4.78 is 55.1. The van der Waals surface area contributed by atoms with Crippen molar-refractivity contribution < 1.29 is 27.4 Å². The smallest absolute Gasteiger partial charge is 0.416 e. The molecule has 0 aliphatic carbocycles. The number of hydrogen-bond acceptors (Lipinski definition) is 5. The molecule has 2 aromatic carbocycles. The van der Waals surface area contributed by atoms with E-state index >= 15 is 0 Å². The third-order valence-electron chi connectivity index (χ3n) is 3.63. The van der Waals surface area contributed by atoms with Crippen LogP contribution >= 0.6 is 11.3 Å². The summed E-state index contributed by atoms with van der Waals surface area (Å²) in [6.07, 6.45) is -4.40. The molecule has 0 amide bonds. The predicted molar refractivity (Wildman–Crippen MR) is 89.7 cm³/mol. The first-order valence-corrected chi connectivity index (χ1v) is 7.97. The molecule has 0 bridgehead atoms. The molecule has 0 aliphatic heterocycles. The summed E-state index contributed by atoms with van der Waals surface area (Å²) in [7, 11) is 4.49. The molecule has 0 atom stereocenters. The molecule has 4 nitrogen and oxygen atoms in total. The highest BCUT2D eigenvalue weighted by molar-refractivity contribution is 7.21. The fourth-order valence-electron chi connectivity index (χ4n) is 2.43. The highest BCUT2D eigenvalue weighted by atomic mass is 32.1. The van der Waals surface area contributed by atoms with Crippen molar-refractivity contribution in [2.45, 2.75) is 6.18 Å². The van der Waals surface area contributed by atoms with E-state index in [2.05, 4.69) is 4.98 Å². The van der Waals surface area contributed by atoms with Crippen LogP contribution in [0.3, 0.4) is 0 Å². The van der Waals surface area contributed by atoms with Crippen LogP contribution in [0.15, 0.2) is 30.3 Å². The van der Waals surface area contributed by atoms with E-state index in [1.807, 2.05) is 0 Å². The van der Waals surface area contributed by atoms with E-state index in [0.717, 1.165) is 12.1 Å². The van der Waals surface area contributed by atoms with E-state index in [0.29, 0.717) is 38.0 Å². The minimum Gasteiger partial charge on any atom is -0.493 e. The van der Waals surface area contributed by atoms with Crippen molar-refractivity contribution in [1.29, 1.82) is 0 Å². The van der Waals surface area contributed by atoms with Crippen LogP contribution in [0.1, 0.15) is 5.56 Å². The van der Waals surface area contributed by atoms with Crippen molar-refractivity contribution in [3.63, 3.8) is 0 Å². The van der Waals surface area contributed by atoms with Gasteiger partial charge in [-0.15, -0.1) is 11.3 Å². The van der Waals surface area contributed by atoms with Crippen LogP contribution in [-0.2, 0) is 6.18 Å². The number of aromatic nitrogens is 1. The van der Waals surface area contributed by atoms with Gasteiger partial charge in [-0.05, 0) is 30.3 Å². The van der Waals surface area contributed by atoms with Crippen LogP contribution in [0.4, 0.5) is 13.2 Å². The molecule has 0 N–H and O–H groups in total. The van der Waals surface area contributed by atoms with E-state index in [4.69, 9.17) is 14.2 Å². The Bertz CT molecular complexity index is 896. The molecule has 0 fully saturated rings. The average Bonchev–Trinajstić information content (AvgIpc) is 3.02. The van der Waals surface area contributed by atoms with Crippen LogP contribution in [0.25, 0.3) is 20.8 Å². The van der Waals surface area contributed by atoms with Gasteiger partial charge in [-0.2, -0.15) is 13.2 Å². The van der Waals surface area contributed by atoms with Crippen molar-refractivity contribution >= 4 is 21.6 Å². The molecular weight excluding hydrogens is 355 g/mol. The molecule has 0 unspecified atom stereocenters. The van der Waals surface area contributed by atoms with Gasteiger partial charge < -0.3 is 14.2 Å². The summed E-state index contributed by atoms with van der Waals surface area (Å²) in [5, 5.41) is 0.563. The first-order valence-electron chi connectivity index (χ1n) is 7.15. The fraction of sp³-hybridized carbons (Fsp3) is 0.235. The molecule has 0 saturated carbocycles. The number of methoxy groups -OCH3 is 3. The van der Waals surface area contributed by atoms with Gasteiger partial charge in [-0.3, -0.25) is 0 Å². The van der Waals surface area contributed by atoms with Gasteiger partial charge in [0.2, 0.25) is 5.75 Å². The Balaban J connectivity index is 2.13. The third kappa shape index (κ3) is 3.21. The number of fused-ring (bicyclic) bond motifs is 1. The SMILES string of the molecule is COc1cc(-c2nc3cc(C(F)(F)F)ccc3s2)cc(OC)c1OC. The van der Waals surface area contributed by atoms with Gasteiger partial charge in [-0.1, -0.05) is 0 Å². The molecule has 1 aromatic heterocycles. The number of nitrogens with zero attached hydrogens (tertiary/aromatic N) is 1. The summed E-state index contributed by atoms with van der Waals surface area (Å²) in [6, 6.07) is 6.96. The summed E-state index contributed by atoms with van der Waals surface area (Å²) in [5.41, 5.74) is 0.245. The van der Waals surface area contributed by atoms with Crippen molar-refractivity contribution in [2.75, 3.05) is 21.3 Å². The molecular formula is C17H14F3NO3S. The first kappa shape index (κ1) is 17.3. The van der Waals surface area contributed by atoms with Crippen molar-refractivity contribution in [3.05, 3.63) is 35.9 Å². The van der Waals surface area contributed by atoms with E-state index in [-0.39, 0.29) is 0 Å². The van der Waals surface area contributed by atoms with Crippen LogP contribution in [0, 0.1) is 0 Å². The second kappa shape index (κ2) is 6.44. The lowest BCUT2D eigenvalue weighted by molar-refractivity contribution is -0.137. The second-order valence-corrected chi connectivity index (χ2v) is 6.14. The van der Waals surface area contributed by atoms with Crippen LogP contribution in [-0.4, -0.2) is 26.3 Å². The molecule has 0 saturated heterocycles. The Hall–Kier alpha value is -2.48. The summed E-state index contributed by atoms with van der Waals surface area (Å²) >= 11 is 1.29. The minimum absolute atomic E-state index is 0.295. The highest BCUT2D eigenvalue weighted by Crippen LogP contribution is 2.43. The Morgan fingerprint density at radius 1 is 0.920 bits per heavy atom. The molecule has 25 heavy (non-hydrogen) atoms. The van der Waals surface area contributed by atoms with E-state index in [9.17, 15) is 13.2 Å². The molecule has 132 valence electrons. The zero-order valence-corrected chi connectivity index (χ0v) is 14.4. The standard InChI is InChI=1S/C17H14F3NO3S/c1-22-12-6-9(7-13(23-2)15(12)24-3)16-21-11-8-10(17(18,19)20)4-5-14(11)25-16/h4-8H,1-3H3. The Morgan fingerprint density at radius 3 is 2.08 bits per heavy atom. The van der Waals surface area contributed by atoms with Gasteiger partial charge in [0.1, 0.15) is 5.01 Å². The Labute approximate surface area is 145 Å². The molecule has 8 heteroatoms. The highest BCUT2D eigenvalue weighted by Gasteiger charge is 2.30. The maximum Gasteiger partial charge on any atom is 0.416 e. The summed E-state index contributed by atoms with van der Waals surface area (Å²) in [4.78, 5) is 4.33. The number of alkyl halides is 3. The maximum atomic E-state index is 12.9. The number of benzene rings is 2. The van der Waals surface area contributed by atoms with E-state index < -0.39 is 11.7 Å². The summed E-state index contributed by atoms with van der Waals surface area (Å²) in [6.45, 7) is 0. The van der Waals surface area contributed by atoms with Gasteiger partial charge in [-0.25, -0.2) is 4.98 Å². The van der Waals surface area contributed by atoms with Crippen LogP contribution in [0.2, 0.25) is 0 Å². The molecule has 0 spiro atoms. The van der Waals surface area contributed by atoms with Gasteiger partial charge in [0.25, 0.3) is 0 Å². The normalized spacial score (nSPS) is 11.6. The molecule has 3 rings (SSSR count). The number of ether oxygens (including phenoxy) is 3. The van der Waals surface area contributed by atoms with Gasteiger partial charge in [0, 0.05) is 5.56 Å². The zero-order valence-electron chi connectivity index (χ0n) is 13.6. The first-order chi connectivity index (χ1) is 11.9. The van der Waals surface area contributed by atoms with Crippen molar-refractivity contribution in [1.82, 2.24) is 4.98 Å². The number of halogens is 3. The number of hydrogen-bond donors (Lipinski definition) is 0. The largest absolute Gasteiger partial charge is 0.493 e. The molecule has 0 radical (unpaired) electrons. The Kier molecular flexibility index (Phi) is 4.47. The monoisotopic (exact) mass is 369 g/mol. The van der Waals surface area contributed by atoms with E-state index in [1.54, 1.807) is 12.1 Å². The van der Waals surface area contributed by atoms with Crippen LogP contribution < -0.4 is 14.2 Å². The topological polar surface area (TPSA) is 40.6 Å². The van der Waals surface area contributed by atoms with Crippen molar-refractivity contribution in [3.8, 4) is 27.8 Å². The molecule has 0 aliphatic rings. The van der Waals surface area contributed by atoms with Crippen LogP contribution in [0.5, 0.6) is 17.2 Å². The lowest BCUT2D eigenvalue weighted by atomic mass is 10.2. The van der Waals surface area contributed by atoms with Gasteiger partial charge in [0.05, 0.1) is 37.1 Å². The maximum absolute atomic E-state index is 12.9. The van der Waals surface area contributed by atoms with Gasteiger partial charge >= 0.3 is 6.18 Å². The third-order valence-corrected chi connectivity index (χ3v) is 4.71. The second-order valence-electron chi connectivity index (χ2n) is 5.11. The predicted octanol–water partition coefficient (Wildman–Crippen LogP) is 5.01. The minimum atomic E-state index is -4.40. The summed E-state index contributed by atoms with van der Waals surface area (Å²) in [5.74, 6) is 1.34. The quantitative estimate of drug-likeness (QED) is 0.648. The number of rotatable bonds is 4. The molecule has 3 aromatic rings. The molecule has 1 heterocycles.